The van der Waals surface area contributed by atoms with E-state index in [1.165, 1.54) is 71.9 Å². The second-order valence-electron chi connectivity index (χ2n) is 16.0. The minimum atomic E-state index is -0.0312. The summed E-state index contributed by atoms with van der Waals surface area (Å²) in [6.07, 6.45) is 20.9. The second kappa shape index (κ2) is 11.7. The fraction of sp³-hybridized carbons (Fsp3) is 0.265. The van der Waals surface area contributed by atoms with Crippen molar-refractivity contribution in [3.8, 4) is 33.8 Å². The Bertz CT molecular complexity index is 2290. The number of aromatic nitrogens is 2. The summed E-state index contributed by atoms with van der Waals surface area (Å²) < 4.78 is 0. The summed E-state index contributed by atoms with van der Waals surface area (Å²) in [5.41, 5.74) is 17.7. The third kappa shape index (κ3) is 4.83. The first-order chi connectivity index (χ1) is 25.0. The van der Waals surface area contributed by atoms with Crippen molar-refractivity contribution in [2.75, 3.05) is 0 Å². The van der Waals surface area contributed by atoms with Crippen LogP contribution in [0.3, 0.4) is 0 Å². The molecule has 2 nitrogen and oxygen atoms in total. The first-order valence-electron chi connectivity index (χ1n) is 19.1. The van der Waals surface area contributed by atoms with Gasteiger partial charge in [0.25, 0.3) is 0 Å². The topological polar surface area (TPSA) is 25.8 Å². The molecular weight excluding hydrogens is 617 g/mol. The number of nitrogens with zero attached hydrogens (tertiary/aromatic N) is 2. The highest BCUT2D eigenvalue weighted by Gasteiger charge is 2.51. The maximum atomic E-state index is 5.30. The Balaban J connectivity index is 1.05. The summed E-state index contributed by atoms with van der Waals surface area (Å²) in [5.74, 6) is 1.59. The van der Waals surface area contributed by atoms with E-state index in [1.54, 1.807) is 16.7 Å². The van der Waals surface area contributed by atoms with Crippen LogP contribution in [0.1, 0.15) is 92.7 Å². The predicted molar refractivity (Wildman–Crippen MR) is 211 cm³/mol. The molecule has 4 aromatic carbocycles. The highest BCUT2D eigenvalue weighted by Crippen LogP contribution is 2.62. The van der Waals surface area contributed by atoms with Crippen LogP contribution in [0.15, 0.2) is 139 Å². The van der Waals surface area contributed by atoms with E-state index < -0.39 is 0 Å². The van der Waals surface area contributed by atoms with Gasteiger partial charge in [0, 0.05) is 27.9 Å². The molecule has 51 heavy (non-hydrogen) atoms. The first-order valence-corrected chi connectivity index (χ1v) is 19.1. The second-order valence-corrected chi connectivity index (χ2v) is 16.0. The first kappa shape index (κ1) is 30.7. The van der Waals surface area contributed by atoms with Crippen molar-refractivity contribution in [2.45, 2.75) is 75.5 Å². The van der Waals surface area contributed by atoms with E-state index in [4.69, 9.17) is 9.97 Å². The van der Waals surface area contributed by atoms with Crippen LogP contribution in [-0.2, 0) is 10.8 Å². The van der Waals surface area contributed by atoms with Crippen molar-refractivity contribution in [1.82, 2.24) is 9.97 Å². The molecule has 250 valence electrons. The molecule has 2 unspecified atom stereocenters. The Morgan fingerprint density at radius 2 is 1.35 bits per heavy atom. The van der Waals surface area contributed by atoms with E-state index in [0.717, 1.165) is 34.8 Å². The average Bonchev–Trinajstić information content (AvgIpc) is 3.58. The molecule has 0 bridgehead atoms. The fourth-order valence-corrected chi connectivity index (χ4v) is 10.3. The van der Waals surface area contributed by atoms with Crippen LogP contribution in [0.2, 0.25) is 0 Å². The van der Waals surface area contributed by atoms with Gasteiger partial charge in [-0.3, -0.25) is 0 Å². The van der Waals surface area contributed by atoms with E-state index in [1.807, 2.05) is 0 Å². The monoisotopic (exact) mass is 660 g/mol. The lowest BCUT2D eigenvalue weighted by molar-refractivity contribution is 0.241. The average molecular weight is 661 g/mol. The summed E-state index contributed by atoms with van der Waals surface area (Å²) >= 11 is 0. The van der Waals surface area contributed by atoms with Gasteiger partial charge in [-0.2, -0.15) is 0 Å². The van der Waals surface area contributed by atoms with Gasteiger partial charge in [0.2, 0.25) is 0 Å². The quantitative estimate of drug-likeness (QED) is 0.192. The van der Waals surface area contributed by atoms with E-state index >= 15 is 0 Å². The molecule has 0 N–H and O–H groups in total. The molecule has 2 atom stereocenters. The molecule has 5 aliphatic carbocycles. The highest BCUT2D eigenvalue weighted by atomic mass is 14.9. The molecule has 0 saturated heterocycles. The molecule has 2 heteroatoms. The third-order valence-electron chi connectivity index (χ3n) is 12.9. The Hall–Kier alpha value is -5.08. The van der Waals surface area contributed by atoms with Crippen LogP contribution in [0.4, 0.5) is 0 Å². The van der Waals surface area contributed by atoms with Crippen LogP contribution in [0, 0.1) is 5.92 Å². The maximum absolute atomic E-state index is 5.30. The van der Waals surface area contributed by atoms with Crippen molar-refractivity contribution in [2.24, 2.45) is 5.92 Å². The predicted octanol–water partition coefficient (Wildman–Crippen LogP) is 12.4. The molecule has 1 aromatic heterocycles. The Labute approximate surface area is 302 Å². The fourth-order valence-electron chi connectivity index (χ4n) is 10.3. The zero-order valence-corrected chi connectivity index (χ0v) is 29.7. The van der Waals surface area contributed by atoms with Gasteiger partial charge in [0.15, 0.2) is 5.82 Å². The summed E-state index contributed by atoms with van der Waals surface area (Å²) in [4.78, 5) is 10.5. The van der Waals surface area contributed by atoms with Crippen molar-refractivity contribution in [3.63, 3.8) is 0 Å². The molecule has 1 spiro atoms. The van der Waals surface area contributed by atoms with Crippen LogP contribution in [0.25, 0.3) is 44.9 Å². The van der Waals surface area contributed by atoms with Crippen LogP contribution in [0.5, 0.6) is 0 Å². The number of benzene rings is 4. The molecule has 0 amide bonds. The van der Waals surface area contributed by atoms with Gasteiger partial charge in [0.05, 0.1) is 11.4 Å². The lowest BCUT2D eigenvalue weighted by Gasteiger charge is -2.40. The van der Waals surface area contributed by atoms with E-state index in [-0.39, 0.29) is 11.3 Å². The number of hydrogen-bond donors (Lipinski definition) is 0. The number of allylic oxidation sites excluding steroid dienone is 8. The van der Waals surface area contributed by atoms with Gasteiger partial charge in [-0.25, -0.2) is 9.97 Å². The molecule has 1 fully saturated rings. The van der Waals surface area contributed by atoms with Gasteiger partial charge in [-0.05, 0) is 99.9 Å². The molecule has 5 aromatic rings. The number of hydrogen-bond acceptors (Lipinski definition) is 2. The SMILES string of the molecule is CC1(C)C2=C(CC(c3cc(-c4ccc(-c5ccccc5)cc4)nc(-c4ccccc4)n3)C=C2)c2cc3c(cc21)C1=CC=CCC1C31CCCCC1. The number of rotatable bonds is 4. The highest BCUT2D eigenvalue weighted by molar-refractivity contribution is 5.89. The van der Waals surface area contributed by atoms with Gasteiger partial charge < -0.3 is 0 Å². The lowest BCUT2D eigenvalue weighted by atomic mass is 9.63. The molecule has 1 saturated carbocycles. The Kier molecular flexibility index (Phi) is 7.07. The van der Waals surface area contributed by atoms with Crippen LogP contribution in [-0.4, -0.2) is 9.97 Å². The van der Waals surface area contributed by atoms with Crippen molar-refractivity contribution in [1.29, 1.82) is 0 Å². The minimum absolute atomic E-state index is 0.0312. The number of fused-ring (bicyclic) bond motifs is 7. The van der Waals surface area contributed by atoms with E-state index in [2.05, 4.69) is 147 Å². The van der Waals surface area contributed by atoms with Crippen LogP contribution >= 0.6 is 0 Å². The lowest BCUT2D eigenvalue weighted by Crippen LogP contribution is -2.34. The standard InChI is InChI=1S/C49H44N2/c1-48(2)41-25-24-36(28-38(41)40-30-44-39(29-43(40)48)37-18-10-11-19-42(37)49(44)26-12-5-13-27-49)46-31-45(50-47(51-46)35-16-8-4-9-17-35)34-22-20-33(21-23-34)32-14-6-3-7-15-32/h3-4,6-11,14-18,20-25,29-31,36,42H,5,12-13,19,26-28H2,1-2H3. The smallest absolute Gasteiger partial charge is 0.160 e. The van der Waals surface area contributed by atoms with Crippen molar-refractivity contribution >= 4 is 11.1 Å². The van der Waals surface area contributed by atoms with Crippen LogP contribution < -0.4 is 0 Å². The van der Waals surface area contributed by atoms with E-state index in [9.17, 15) is 0 Å². The summed E-state index contributed by atoms with van der Waals surface area (Å²) in [7, 11) is 0. The van der Waals surface area contributed by atoms with Crippen molar-refractivity contribution < 1.29 is 0 Å². The van der Waals surface area contributed by atoms with Gasteiger partial charge in [-0.15, -0.1) is 0 Å². The molecule has 10 rings (SSSR count). The molecular formula is C49H44N2. The Morgan fingerprint density at radius 1 is 0.667 bits per heavy atom. The maximum Gasteiger partial charge on any atom is 0.160 e. The Morgan fingerprint density at radius 3 is 2.12 bits per heavy atom. The molecule has 0 aliphatic heterocycles. The zero-order valence-electron chi connectivity index (χ0n) is 29.7. The summed E-state index contributed by atoms with van der Waals surface area (Å²) in [6.45, 7) is 4.89. The largest absolute Gasteiger partial charge is 0.232 e. The van der Waals surface area contributed by atoms with Gasteiger partial charge in [-0.1, -0.05) is 148 Å². The van der Waals surface area contributed by atoms with E-state index in [0.29, 0.717) is 11.3 Å². The molecule has 5 aliphatic rings. The molecule has 0 radical (unpaired) electrons. The third-order valence-corrected chi connectivity index (χ3v) is 12.9. The van der Waals surface area contributed by atoms with Gasteiger partial charge >= 0.3 is 0 Å². The minimum Gasteiger partial charge on any atom is -0.232 e. The summed E-state index contributed by atoms with van der Waals surface area (Å²) in [6, 6.07) is 37.4. The zero-order chi connectivity index (χ0) is 34.2. The molecule has 1 heterocycles. The van der Waals surface area contributed by atoms with Crippen molar-refractivity contribution in [3.05, 3.63) is 167 Å². The normalized spacial score (nSPS) is 22.0. The summed E-state index contributed by atoms with van der Waals surface area (Å²) in [5, 5.41) is 0. The van der Waals surface area contributed by atoms with Gasteiger partial charge in [0.1, 0.15) is 0 Å².